The van der Waals surface area contributed by atoms with Crippen molar-refractivity contribution < 1.29 is 9.59 Å². The highest BCUT2D eigenvalue weighted by molar-refractivity contribution is 6.02. The maximum Gasteiger partial charge on any atom is 0.248 e. The Morgan fingerprint density at radius 3 is 2.68 bits per heavy atom. The van der Waals surface area contributed by atoms with Crippen LogP contribution in [-0.4, -0.2) is 28.3 Å². The fraction of sp³-hybridized carbons (Fsp3) is 0.148. The molecule has 3 aromatic carbocycles. The number of imidazole rings is 1. The van der Waals surface area contributed by atoms with Crippen molar-refractivity contribution in [3.05, 3.63) is 107 Å². The summed E-state index contributed by atoms with van der Waals surface area (Å²) < 4.78 is 1.74. The molecule has 7 nitrogen and oxygen atoms in total. The van der Waals surface area contributed by atoms with Crippen molar-refractivity contribution in [1.29, 1.82) is 0 Å². The van der Waals surface area contributed by atoms with Crippen molar-refractivity contribution in [3.8, 4) is 16.8 Å². The average molecular weight is 452 g/mol. The Hall–Kier alpha value is -4.07. The zero-order chi connectivity index (χ0) is 23.7. The van der Waals surface area contributed by atoms with Crippen LogP contribution in [0.15, 0.2) is 79.1 Å². The lowest BCUT2D eigenvalue weighted by Gasteiger charge is -2.24. The predicted octanol–water partition coefficient (Wildman–Crippen LogP) is 3.38. The molecule has 5 rings (SSSR count). The molecule has 170 valence electrons. The molecule has 0 radical (unpaired) electrons. The molecule has 34 heavy (non-hydrogen) atoms. The van der Waals surface area contributed by atoms with Crippen LogP contribution < -0.4 is 16.4 Å². The molecule has 1 aromatic heterocycles. The number of fused-ring (bicyclic) bond motifs is 1. The molecule has 4 aromatic rings. The lowest BCUT2D eigenvalue weighted by Crippen LogP contribution is -2.35. The molecular weight excluding hydrogens is 426 g/mol. The fourth-order valence-corrected chi connectivity index (χ4v) is 4.48. The van der Waals surface area contributed by atoms with Crippen LogP contribution in [0.2, 0.25) is 0 Å². The first kappa shape index (κ1) is 21.8. The van der Waals surface area contributed by atoms with Gasteiger partial charge < -0.3 is 11.1 Å². The Balaban J connectivity index is 1.46. The minimum Gasteiger partial charge on any atom is -0.366 e. The van der Waals surface area contributed by atoms with Gasteiger partial charge in [0, 0.05) is 24.3 Å². The van der Waals surface area contributed by atoms with E-state index in [-0.39, 0.29) is 5.78 Å². The summed E-state index contributed by atoms with van der Waals surface area (Å²) in [6.07, 6.45) is 1.62. The molecule has 1 unspecified atom stereocenters. The van der Waals surface area contributed by atoms with Crippen LogP contribution >= 0.6 is 0 Å². The van der Waals surface area contributed by atoms with Gasteiger partial charge in [-0.1, -0.05) is 54.6 Å². The number of Topliss-reactive ketones (excluding diaryl/α,β-unsaturated/α-hetero) is 1. The zero-order valence-electron chi connectivity index (χ0n) is 18.8. The maximum absolute atomic E-state index is 13.6. The van der Waals surface area contributed by atoms with E-state index in [9.17, 15) is 9.59 Å². The van der Waals surface area contributed by atoms with E-state index in [1.54, 1.807) is 29.1 Å². The molecule has 1 amide bonds. The molecule has 0 spiro atoms. The third kappa shape index (κ3) is 3.91. The van der Waals surface area contributed by atoms with Crippen LogP contribution in [0, 0.1) is 0 Å². The Morgan fingerprint density at radius 2 is 1.91 bits per heavy atom. The number of nitrogens with zero attached hydrogens (tertiary/aromatic N) is 2. The monoisotopic (exact) mass is 451 g/mol. The second-order valence-corrected chi connectivity index (χ2v) is 8.31. The number of nitrogens with two attached hydrogens (primary N) is 1. The molecule has 0 bridgehead atoms. The lowest BCUT2D eigenvalue weighted by molar-refractivity contribution is 0.0922. The van der Waals surface area contributed by atoms with E-state index >= 15 is 0 Å². The van der Waals surface area contributed by atoms with E-state index in [0.29, 0.717) is 29.2 Å². The van der Waals surface area contributed by atoms with E-state index in [0.717, 1.165) is 17.7 Å². The highest BCUT2D eigenvalue weighted by atomic mass is 16.1. The van der Waals surface area contributed by atoms with Gasteiger partial charge in [-0.05, 0) is 47.5 Å². The summed E-state index contributed by atoms with van der Waals surface area (Å²) in [6.45, 7) is 1.26. The Kier molecular flexibility index (Phi) is 5.79. The highest BCUT2D eigenvalue weighted by Gasteiger charge is 2.32. The van der Waals surface area contributed by atoms with Crippen LogP contribution in [0.4, 0.5) is 0 Å². The molecule has 0 saturated heterocycles. The van der Waals surface area contributed by atoms with Gasteiger partial charge >= 0.3 is 0 Å². The number of aromatic nitrogens is 2. The lowest BCUT2D eigenvalue weighted by atomic mass is 9.93. The van der Waals surface area contributed by atoms with E-state index in [1.807, 2.05) is 37.4 Å². The number of nitrogens with one attached hydrogen (secondary N) is 2. The Morgan fingerprint density at radius 1 is 1.12 bits per heavy atom. The number of benzene rings is 3. The second-order valence-electron chi connectivity index (χ2n) is 8.31. The first-order valence-corrected chi connectivity index (χ1v) is 11.1. The standard InChI is InChI=1S/C27H25N5O2/c1-29-14-20-5-2-3-8-22(20)17-9-11-18(12-10-17)24-26(33)25-23(15-30-24)31-16-32(25)21-7-4-6-19(13-21)27(28)34/h2-13,16,24,29-30H,14-15H2,1H3,(H2,28,34). The number of carbonyl (C=O) groups excluding carboxylic acids is 2. The van der Waals surface area contributed by atoms with Gasteiger partial charge in [0.05, 0.1) is 11.7 Å². The summed E-state index contributed by atoms with van der Waals surface area (Å²) in [6, 6.07) is 22.8. The van der Waals surface area contributed by atoms with Crippen LogP contribution in [0.1, 0.15) is 43.7 Å². The third-order valence-electron chi connectivity index (χ3n) is 6.16. The zero-order valence-corrected chi connectivity index (χ0v) is 18.8. The summed E-state index contributed by atoms with van der Waals surface area (Å²) in [4.78, 5) is 29.6. The molecule has 0 aliphatic carbocycles. The summed E-state index contributed by atoms with van der Waals surface area (Å²) in [7, 11) is 1.93. The molecule has 1 aliphatic rings. The fourth-order valence-electron chi connectivity index (χ4n) is 4.48. The maximum atomic E-state index is 13.6. The van der Waals surface area contributed by atoms with Gasteiger partial charge in [0.2, 0.25) is 11.7 Å². The van der Waals surface area contributed by atoms with Crippen molar-refractivity contribution in [1.82, 2.24) is 20.2 Å². The number of primary amides is 1. The molecule has 7 heteroatoms. The number of rotatable bonds is 6. The molecule has 1 atom stereocenters. The third-order valence-corrected chi connectivity index (χ3v) is 6.16. The number of ketones is 1. The normalized spacial score (nSPS) is 15.2. The minimum absolute atomic E-state index is 0.0634. The molecular formula is C27H25N5O2. The van der Waals surface area contributed by atoms with Crippen LogP contribution in [0.25, 0.3) is 16.8 Å². The molecule has 0 saturated carbocycles. The van der Waals surface area contributed by atoms with E-state index in [1.165, 1.54) is 11.1 Å². The van der Waals surface area contributed by atoms with Crippen molar-refractivity contribution in [3.63, 3.8) is 0 Å². The number of hydrogen-bond donors (Lipinski definition) is 3. The molecule has 0 fully saturated rings. The van der Waals surface area contributed by atoms with E-state index < -0.39 is 11.9 Å². The van der Waals surface area contributed by atoms with Gasteiger partial charge in [-0.25, -0.2) is 4.98 Å². The topological polar surface area (TPSA) is 102 Å². The van der Waals surface area contributed by atoms with Gasteiger partial charge in [0.25, 0.3) is 0 Å². The predicted molar refractivity (Wildman–Crippen MR) is 131 cm³/mol. The van der Waals surface area contributed by atoms with Crippen molar-refractivity contribution in [2.24, 2.45) is 5.73 Å². The number of carbonyl (C=O) groups is 2. The minimum atomic E-state index is -0.516. The van der Waals surface area contributed by atoms with E-state index in [2.05, 4.69) is 39.9 Å². The number of hydrogen-bond acceptors (Lipinski definition) is 5. The quantitative estimate of drug-likeness (QED) is 0.417. The van der Waals surface area contributed by atoms with Gasteiger partial charge in [0.1, 0.15) is 12.0 Å². The highest BCUT2D eigenvalue weighted by Crippen LogP contribution is 2.30. The summed E-state index contributed by atoms with van der Waals surface area (Å²) in [5.74, 6) is -0.579. The molecule has 4 N–H and O–H groups in total. The summed E-state index contributed by atoms with van der Waals surface area (Å²) in [5.41, 5.74) is 12.1. The Labute approximate surface area is 197 Å². The van der Waals surface area contributed by atoms with Crippen LogP contribution in [0.5, 0.6) is 0 Å². The summed E-state index contributed by atoms with van der Waals surface area (Å²) in [5, 5.41) is 6.53. The summed E-state index contributed by atoms with van der Waals surface area (Å²) >= 11 is 0. The van der Waals surface area contributed by atoms with Crippen LogP contribution in [0.3, 0.4) is 0 Å². The van der Waals surface area contributed by atoms with Gasteiger partial charge in [-0.3, -0.25) is 19.5 Å². The Bertz CT molecular complexity index is 1370. The number of amides is 1. The van der Waals surface area contributed by atoms with Gasteiger partial charge in [-0.15, -0.1) is 0 Å². The first-order valence-electron chi connectivity index (χ1n) is 11.1. The van der Waals surface area contributed by atoms with Crippen molar-refractivity contribution >= 4 is 11.7 Å². The van der Waals surface area contributed by atoms with Gasteiger partial charge in [0.15, 0.2) is 0 Å². The molecule has 1 aliphatic heterocycles. The smallest absolute Gasteiger partial charge is 0.248 e. The molecule has 2 heterocycles. The first-order chi connectivity index (χ1) is 16.6. The van der Waals surface area contributed by atoms with Gasteiger partial charge in [-0.2, -0.15) is 0 Å². The van der Waals surface area contributed by atoms with Crippen molar-refractivity contribution in [2.45, 2.75) is 19.1 Å². The SMILES string of the molecule is CNCc1ccccc1-c1ccc(C2NCc3ncn(-c4cccc(C(N)=O)c4)c3C2=O)cc1. The average Bonchev–Trinajstić information content (AvgIpc) is 3.30. The largest absolute Gasteiger partial charge is 0.366 e. The van der Waals surface area contributed by atoms with Crippen molar-refractivity contribution in [2.75, 3.05) is 7.05 Å². The van der Waals surface area contributed by atoms with Crippen LogP contribution in [-0.2, 0) is 13.1 Å². The second kappa shape index (κ2) is 9.05. The van der Waals surface area contributed by atoms with E-state index in [4.69, 9.17) is 5.73 Å².